The predicted molar refractivity (Wildman–Crippen MR) is 134 cm³/mol. The van der Waals surface area contributed by atoms with Crippen molar-refractivity contribution in [1.29, 1.82) is 0 Å². The molecule has 0 spiro atoms. The third-order valence-electron chi connectivity index (χ3n) is 6.77. The number of likely N-dealkylation sites (N-methyl/N-ethyl adjacent to an activating group) is 1. The first-order chi connectivity index (χ1) is 17.8. The second kappa shape index (κ2) is 12.0. The summed E-state index contributed by atoms with van der Waals surface area (Å²) in [6.07, 6.45) is 3.69. The number of hydrogen-bond donors (Lipinski definition) is 0. The molecule has 2 aliphatic heterocycles. The minimum absolute atomic E-state index is 0. The number of methoxy groups -OCH3 is 5. The van der Waals surface area contributed by atoms with Crippen LogP contribution in [0.1, 0.15) is 27.0 Å². The lowest BCUT2D eigenvalue weighted by atomic mass is 9.88. The maximum atomic E-state index is 13.7. The number of nitrogens with zero attached hydrogens (tertiary/aromatic N) is 1. The van der Waals surface area contributed by atoms with Crippen LogP contribution in [0, 0.1) is 0 Å². The molecule has 0 N–H and O–H groups in total. The molecule has 2 aromatic carbocycles. The van der Waals surface area contributed by atoms with Crippen molar-refractivity contribution in [2.75, 3.05) is 62.5 Å². The Kier molecular flexibility index (Phi) is 9.16. The summed E-state index contributed by atoms with van der Waals surface area (Å²) in [7, 11) is 9.51. The number of fused-ring (bicyclic) bond motifs is 2. The predicted octanol–water partition coefficient (Wildman–Crippen LogP) is 0.0255. The summed E-state index contributed by atoms with van der Waals surface area (Å²) in [4.78, 5) is 25.7. The molecule has 10 nitrogen and oxygen atoms in total. The van der Waals surface area contributed by atoms with Gasteiger partial charge >= 0.3 is 5.97 Å². The average molecular weight is 594 g/mol. The van der Waals surface area contributed by atoms with Gasteiger partial charge in [-0.25, -0.2) is 4.79 Å². The van der Waals surface area contributed by atoms with Gasteiger partial charge in [0.1, 0.15) is 6.54 Å². The number of halogens is 1. The molecule has 0 aliphatic carbocycles. The van der Waals surface area contributed by atoms with Gasteiger partial charge in [-0.1, -0.05) is 0 Å². The van der Waals surface area contributed by atoms with Gasteiger partial charge in [-0.05, 0) is 29.8 Å². The number of ketones is 1. The summed E-state index contributed by atoms with van der Waals surface area (Å²) in [5.74, 6) is 2.14. The highest BCUT2D eigenvalue weighted by Crippen LogP contribution is 2.50. The lowest BCUT2D eigenvalue weighted by Gasteiger charge is -2.38. The van der Waals surface area contributed by atoms with Gasteiger partial charge in [-0.15, -0.1) is 0 Å². The number of carbonyl (C=O) groups excluding carboxylic acids is 2. The normalized spacial score (nSPS) is 17.3. The molecule has 206 valence electrons. The summed E-state index contributed by atoms with van der Waals surface area (Å²) in [6.45, 7) is 1.29. The highest BCUT2D eigenvalue weighted by atomic mass is 79.9. The van der Waals surface area contributed by atoms with Gasteiger partial charge in [0.2, 0.25) is 18.3 Å². The molecule has 2 aromatic rings. The summed E-state index contributed by atoms with van der Waals surface area (Å²) in [5, 5.41) is 0. The Morgan fingerprint density at radius 2 is 1.61 bits per heavy atom. The Morgan fingerprint density at radius 1 is 0.921 bits per heavy atom. The zero-order chi connectivity index (χ0) is 26.7. The summed E-state index contributed by atoms with van der Waals surface area (Å²) in [6, 6.07) is 3.53. The molecule has 0 saturated carbocycles. The molecule has 0 aromatic heterocycles. The van der Waals surface area contributed by atoms with Crippen molar-refractivity contribution >= 4 is 17.8 Å². The van der Waals surface area contributed by atoms with Gasteiger partial charge in [0, 0.05) is 12.0 Å². The van der Waals surface area contributed by atoms with Crippen LogP contribution in [0.3, 0.4) is 0 Å². The molecule has 0 radical (unpaired) electrons. The van der Waals surface area contributed by atoms with E-state index in [0.717, 1.165) is 11.1 Å². The first kappa shape index (κ1) is 29.1. The fourth-order valence-corrected chi connectivity index (χ4v) is 4.97. The van der Waals surface area contributed by atoms with Crippen LogP contribution in [0.5, 0.6) is 34.5 Å². The molecule has 11 heteroatoms. The number of ether oxygens (including phenoxy) is 7. The van der Waals surface area contributed by atoms with E-state index in [9.17, 15) is 9.59 Å². The van der Waals surface area contributed by atoms with Crippen LogP contribution in [-0.2, 0) is 22.5 Å². The van der Waals surface area contributed by atoms with Crippen LogP contribution in [0.25, 0.3) is 6.08 Å². The van der Waals surface area contributed by atoms with E-state index in [0.29, 0.717) is 69.6 Å². The van der Waals surface area contributed by atoms with Crippen LogP contribution in [0.4, 0.5) is 0 Å². The summed E-state index contributed by atoms with van der Waals surface area (Å²) in [5.41, 5.74) is 2.73. The maximum absolute atomic E-state index is 13.7. The topological polar surface area (TPSA) is 98.8 Å². The standard InChI is InChI=1S/C27H32NO9.BrH/c1-28(14-21(30)32-3)12-11-17-18(13-28)24(34-5)27-26(36-15-37-27)22(17)19(29)9-7-16-8-10-20(31-2)25(35-6)23(16)33-4;/h7-10H,11-15H2,1-6H3;1H/q+1;/p-1/b9-7+;. The van der Waals surface area contributed by atoms with Crippen LogP contribution in [0.2, 0.25) is 0 Å². The molecule has 4 rings (SSSR count). The van der Waals surface area contributed by atoms with E-state index in [4.69, 9.17) is 33.2 Å². The van der Waals surface area contributed by atoms with Crippen molar-refractivity contribution in [3.8, 4) is 34.5 Å². The Hall–Kier alpha value is -3.44. The molecule has 0 fully saturated rings. The lowest BCUT2D eigenvalue weighted by Crippen LogP contribution is -3.00. The van der Waals surface area contributed by atoms with Gasteiger partial charge < -0.3 is 54.6 Å². The molecular formula is C27H32BrNO9. The molecule has 38 heavy (non-hydrogen) atoms. The van der Waals surface area contributed by atoms with Gasteiger partial charge in [-0.2, -0.15) is 0 Å². The van der Waals surface area contributed by atoms with E-state index in [2.05, 4.69) is 0 Å². The van der Waals surface area contributed by atoms with Crippen molar-refractivity contribution in [2.24, 2.45) is 0 Å². The Labute approximate surface area is 232 Å². The monoisotopic (exact) mass is 593 g/mol. The van der Waals surface area contributed by atoms with E-state index in [1.54, 1.807) is 32.4 Å². The molecule has 2 heterocycles. The largest absolute Gasteiger partial charge is 1.00 e. The Morgan fingerprint density at radius 3 is 2.24 bits per heavy atom. The molecule has 0 amide bonds. The third-order valence-corrected chi connectivity index (χ3v) is 6.77. The second-order valence-electron chi connectivity index (χ2n) is 9.04. The Balaban J connectivity index is 0.00000400. The molecule has 0 saturated heterocycles. The first-order valence-corrected chi connectivity index (χ1v) is 11.7. The van der Waals surface area contributed by atoms with Crippen LogP contribution in [-0.4, -0.2) is 78.7 Å². The lowest BCUT2D eigenvalue weighted by molar-refractivity contribution is -0.917. The van der Waals surface area contributed by atoms with E-state index >= 15 is 0 Å². The fraction of sp³-hybridized carbons (Fsp3) is 0.407. The van der Waals surface area contributed by atoms with E-state index < -0.39 is 0 Å². The SMILES string of the molecule is COC(=O)C[N+]1(C)CCc2c(c(OC)c3c(c2C(=O)/C=C/c2ccc(OC)c(OC)c2OC)OCO3)C1.[Br-]. The van der Waals surface area contributed by atoms with Crippen molar-refractivity contribution < 1.29 is 64.2 Å². The number of allylic oxidation sites excluding steroid dienone is 1. The highest BCUT2D eigenvalue weighted by Gasteiger charge is 2.40. The number of esters is 1. The van der Waals surface area contributed by atoms with E-state index in [1.807, 2.05) is 7.05 Å². The van der Waals surface area contributed by atoms with Crippen LogP contribution < -0.4 is 45.4 Å². The van der Waals surface area contributed by atoms with Crippen molar-refractivity contribution in [2.45, 2.75) is 13.0 Å². The summed E-state index contributed by atoms with van der Waals surface area (Å²) >= 11 is 0. The van der Waals surface area contributed by atoms with Gasteiger partial charge in [0.05, 0.1) is 60.3 Å². The minimum atomic E-state index is -0.297. The van der Waals surface area contributed by atoms with Crippen molar-refractivity contribution in [3.05, 3.63) is 40.5 Å². The van der Waals surface area contributed by atoms with Crippen LogP contribution in [0.15, 0.2) is 18.2 Å². The third kappa shape index (κ3) is 5.25. The minimum Gasteiger partial charge on any atom is -1.00 e. The fourth-order valence-electron chi connectivity index (χ4n) is 4.97. The highest BCUT2D eigenvalue weighted by molar-refractivity contribution is 6.11. The quantitative estimate of drug-likeness (QED) is 0.172. The van der Waals surface area contributed by atoms with E-state index in [1.165, 1.54) is 27.4 Å². The van der Waals surface area contributed by atoms with Gasteiger partial charge in [0.15, 0.2) is 35.3 Å². The molecule has 1 atom stereocenters. The molecule has 0 bridgehead atoms. The number of hydrogen-bond acceptors (Lipinski definition) is 9. The first-order valence-electron chi connectivity index (χ1n) is 11.7. The zero-order valence-corrected chi connectivity index (χ0v) is 23.9. The molecule has 1 unspecified atom stereocenters. The summed E-state index contributed by atoms with van der Waals surface area (Å²) < 4.78 is 38.9. The van der Waals surface area contributed by atoms with Crippen LogP contribution >= 0.6 is 0 Å². The second-order valence-corrected chi connectivity index (χ2v) is 9.04. The molecule has 2 aliphatic rings. The number of rotatable bonds is 9. The number of carbonyl (C=O) groups is 2. The zero-order valence-electron chi connectivity index (χ0n) is 22.3. The van der Waals surface area contributed by atoms with E-state index in [-0.39, 0.29) is 42.1 Å². The molecular weight excluding hydrogens is 562 g/mol. The smallest absolute Gasteiger partial charge is 0.361 e. The number of benzene rings is 2. The van der Waals surface area contributed by atoms with Crippen molar-refractivity contribution in [3.63, 3.8) is 0 Å². The van der Waals surface area contributed by atoms with Gasteiger partial charge in [0.25, 0.3) is 0 Å². The number of quaternary nitrogens is 1. The Bertz CT molecular complexity index is 1260. The maximum Gasteiger partial charge on any atom is 0.361 e. The van der Waals surface area contributed by atoms with Crippen molar-refractivity contribution in [1.82, 2.24) is 0 Å². The average Bonchev–Trinajstić information content (AvgIpc) is 3.38. The van der Waals surface area contributed by atoms with Gasteiger partial charge in [-0.3, -0.25) is 4.79 Å².